The van der Waals surface area contributed by atoms with Crippen LogP contribution in [0.1, 0.15) is 16.7 Å². The number of carbonyl (C=O) groups excluding carboxylic acids is 1. The maximum atomic E-state index is 12.4. The number of nitrogens with one attached hydrogen (secondary N) is 1. The number of aryl methyl sites for hydroxylation is 2. The number of nitrogens with zero attached hydrogens (tertiary/aromatic N) is 1. The molecule has 1 N–H and O–H groups in total. The van der Waals surface area contributed by atoms with Crippen molar-refractivity contribution in [3.8, 4) is 11.8 Å². The van der Waals surface area contributed by atoms with E-state index in [2.05, 4.69) is 21.2 Å². The molecule has 2 rings (SSSR count). The smallest absolute Gasteiger partial charge is 0.266 e. The Labute approximate surface area is 149 Å². The third kappa shape index (κ3) is 4.03. The number of halogens is 1. The van der Waals surface area contributed by atoms with Gasteiger partial charge >= 0.3 is 0 Å². The third-order valence-corrected chi connectivity index (χ3v) is 4.19. The first-order valence-electron chi connectivity index (χ1n) is 7.29. The van der Waals surface area contributed by atoms with E-state index in [1.54, 1.807) is 31.4 Å². The second-order valence-corrected chi connectivity index (χ2v) is 6.14. The van der Waals surface area contributed by atoms with Gasteiger partial charge in [0, 0.05) is 5.69 Å². The molecule has 122 valence electrons. The van der Waals surface area contributed by atoms with E-state index in [-0.39, 0.29) is 5.57 Å². The molecule has 0 aliphatic rings. The quantitative estimate of drug-likeness (QED) is 0.617. The van der Waals surface area contributed by atoms with Crippen molar-refractivity contribution in [2.75, 3.05) is 12.4 Å². The molecule has 0 radical (unpaired) electrons. The van der Waals surface area contributed by atoms with Crippen LogP contribution in [0.2, 0.25) is 0 Å². The summed E-state index contributed by atoms with van der Waals surface area (Å²) in [4.78, 5) is 12.4. The Morgan fingerprint density at radius 1 is 1.25 bits per heavy atom. The van der Waals surface area contributed by atoms with Crippen LogP contribution in [0.15, 0.2) is 46.4 Å². The minimum Gasteiger partial charge on any atom is -0.496 e. The van der Waals surface area contributed by atoms with Gasteiger partial charge in [-0.2, -0.15) is 5.26 Å². The van der Waals surface area contributed by atoms with Crippen LogP contribution in [-0.4, -0.2) is 13.0 Å². The van der Waals surface area contributed by atoms with Crippen LogP contribution in [0, 0.1) is 25.2 Å². The van der Waals surface area contributed by atoms with E-state index in [1.807, 2.05) is 38.1 Å². The van der Waals surface area contributed by atoms with Crippen molar-refractivity contribution >= 4 is 33.6 Å². The van der Waals surface area contributed by atoms with Crippen molar-refractivity contribution in [2.45, 2.75) is 13.8 Å². The van der Waals surface area contributed by atoms with Gasteiger partial charge in [0.2, 0.25) is 0 Å². The van der Waals surface area contributed by atoms with E-state index in [1.165, 1.54) is 0 Å². The highest BCUT2D eigenvalue weighted by atomic mass is 79.9. The molecular formula is C19H17BrN2O2. The summed E-state index contributed by atoms with van der Waals surface area (Å²) in [7, 11) is 1.58. The largest absolute Gasteiger partial charge is 0.496 e. The lowest BCUT2D eigenvalue weighted by atomic mass is 10.1. The monoisotopic (exact) mass is 384 g/mol. The molecule has 0 heterocycles. The van der Waals surface area contributed by atoms with E-state index in [0.717, 1.165) is 26.9 Å². The summed E-state index contributed by atoms with van der Waals surface area (Å²) in [6, 6.07) is 13.1. The second-order valence-electron chi connectivity index (χ2n) is 5.28. The fourth-order valence-corrected chi connectivity index (χ4v) is 2.84. The highest BCUT2D eigenvalue weighted by Crippen LogP contribution is 2.27. The average molecular weight is 385 g/mol. The van der Waals surface area contributed by atoms with Crippen molar-refractivity contribution in [3.63, 3.8) is 0 Å². The summed E-state index contributed by atoms with van der Waals surface area (Å²) < 4.78 is 5.93. The molecule has 0 fully saturated rings. The molecule has 0 bridgehead atoms. The topological polar surface area (TPSA) is 62.1 Å². The van der Waals surface area contributed by atoms with Gasteiger partial charge in [-0.1, -0.05) is 24.3 Å². The summed E-state index contributed by atoms with van der Waals surface area (Å²) in [6.07, 6.45) is 1.55. The molecule has 0 saturated heterocycles. The lowest BCUT2D eigenvalue weighted by molar-refractivity contribution is -0.112. The predicted octanol–water partition coefficient (Wildman–Crippen LogP) is 4.62. The fourth-order valence-electron chi connectivity index (χ4n) is 2.28. The first-order chi connectivity index (χ1) is 11.5. The van der Waals surface area contributed by atoms with Gasteiger partial charge in [0.05, 0.1) is 11.6 Å². The number of anilines is 1. The van der Waals surface area contributed by atoms with Crippen molar-refractivity contribution < 1.29 is 9.53 Å². The highest BCUT2D eigenvalue weighted by Gasteiger charge is 2.12. The Morgan fingerprint density at radius 3 is 2.46 bits per heavy atom. The number of methoxy groups -OCH3 is 1. The van der Waals surface area contributed by atoms with Crippen LogP contribution in [0.3, 0.4) is 0 Å². The van der Waals surface area contributed by atoms with Crippen LogP contribution in [-0.2, 0) is 4.79 Å². The number of benzene rings is 2. The van der Waals surface area contributed by atoms with Gasteiger partial charge in [0.15, 0.2) is 0 Å². The van der Waals surface area contributed by atoms with Crippen molar-refractivity contribution in [1.29, 1.82) is 5.26 Å². The normalized spacial score (nSPS) is 10.9. The van der Waals surface area contributed by atoms with Crippen LogP contribution in [0.5, 0.6) is 5.75 Å². The minimum absolute atomic E-state index is 0.0368. The zero-order valence-corrected chi connectivity index (χ0v) is 15.3. The molecule has 2 aromatic carbocycles. The molecule has 0 saturated carbocycles. The van der Waals surface area contributed by atoms with E-state index in [9.17, 15) is 10.1 Å². The molecule has 0 aromatic heterocycles. The van der Waals surface area contributed by atoms with Gasteiger partial charge < -0.3 is 10.1 Å². The van der Waals surface area contributed by atoms with Gasteiger partial charge in [-0.3, -0.25) is 4.79 Å². The molecule has 24 heavy (non-hydrogen) atoms. The summed E-state index contributed by atoms with van der Waals surface area (Å²) >= 11 is 3.39. The SMILES string of the molecule is COc1ccc(/C=C(/C#N)C(=O)Nc2c(C)cccc2C)cc1Br. The number of rotatable bonds is 4. The van der Waals surface area contributed by atoms with Crippen molar-refractivity contribution in [3.05, 3.63) is 63.1 Å². The maximum Gasteiger partial charge on any atom is 0.266 e. The second kappa shape index (κ2) is 7.80. The number of para-hydroxylation sites is 1. The number of hydrogen-bond donors (Lipinski definition) is 1. The Bertz CT molecular complexity index is 831. The molecular weight excluding hydrogens is 368 g/mol. The van der Waals surface area contributed by atoms with Gasteiger partial charge in [-0.05, 0) is 64.7 Å². The molecule has 1 amide bonds. The number of ether oxygens (including phenoxy) is 1. The molecule has 2 aromatic rings. The average Bonchev–Trinajstić information content (AvgIpc) is 2.56. The summed E-state index contributed by atoms with van der Waals surface area (Å²) in [5.41, 5.74) is 3.41. The molecule has 0 spiro atoms. The highest BCUT2D eigenvalue weighted by molar-refractivity contribution is 9.10. The van der Waals surface area contributed by atoms with Gasteiger partial charge in [-0.25, -0.2) is 0 Å². The van der Waals surface area contributed by atoms with E-state index < -0.39 is 5.91 Å². The molecule has 0 unspecified atom stereocenters. The molecule has 0 aliphatic carbocycles. The summed E-state index contributed by atoms with van der Waals surface area (Å²) in [5, 5.41) is 12.1. The Kier molecular flexibility index (Phi) is 5.78. The Balaban J connectivity index is 2.29. The molecule has 5 heteroatoms. The first kappa shape index (κ1) is 17.8. The Morgan fingerprint density at radius 2 is 1.92 bits per heavy atom. The van der Waals surface area contributed by atoms with Crippen LogP contribution >= 0.6 is 15.9 Å². The van der Waals surface area contributed by atoms with Crippen LogP contribution < -0.4 is 10.1 Å². The maximum absolute atomic E-state index is 12.4. The molecule has 0 atom stereocenters. The van der Waals surface area contributed by atoms with E-state index in [0.29, 0.717) is 5.75 Å². The standard InChI is InChI=1S/C19H17BrN2O2/c1-12-5-4-6-13(2)18(12)22-19(23)15(11-21)9-14-7-8-17(24-3)16(20)10-14/h4-10H,1-3H3,(H,22,23)/b15-9-. The zero-order valence-electron chi connectivity index (χ0n) is 13.7. The molecule has 4 nitrogen and oxygen atoms in total. The minimum atomic E-state index is -0.429. The fraction of sp³-hybridized carbons (Fsp3) is 0.158. The number of hydrogen-bond acceptors (Lipinski definition) is 3. The predicted molar refractivity (Wildman–Crippen MR) is 98.8 cm³/mol. The van der Waals surface area contributed by atoms with Crippen molar-refractivity contribution in [2.24, 2.45) is 0 Å². The van der Waals surface area contributed by atoms with Crippen LogP contribution in [0.4, 0.5) is 5.69 Å². The summed E-state index contributed by atoms with van der Waals surface area (Å²) in [5.74, 6) is 0.257. The third-order valence-electron chi connectivity index (χ3n) is 3.57. The van der Waals surface area contributed by atoms with Crippen LogP contribution in [0.25, 0.3) is 6.08 Å². The number of nitriles is 1. The number of carbonyl (C=O) groups is 1. The van der Waals surface area contributed by atoms with E-state index in [4.69, 9.17) is 4.74 Å². The first-order valence-corrected chi connectivity index (χ1v) is 8.08. The zero-order chi connectivity index (χ0) is 17.7. The van der Waals surface area contributed by atoms with Gasteiger partial charge in [0.1, 0.15) is 17.4 Å². The van der Waals surface area contributed by atoms with Crippen molar-refractivity contribution in [1.82, 2.24) is 0 Å². The van der Waals surface area contributed by atoms with Gasteiger partial charge in [0.25, 0.3) is 5.91 Å². The lowest BCUT2D eigenvalue weighted by Crippen LogP contribution is -2.15. The number of amides is 1. The molecule has 0 aliphatic heterocycles. The lowest BCUT2D eigenvalue weighted by Gasteiger charge is -2.11. The van der Waals surface area contributed by atoms with E-state index >= 15 is 0 Å². The summed E-state index contributed by atoms with van der Waals surface area (Å²) in [6.45, 7) is 3.83. The van der Waals surface area contributed by atoms with Gasteiger partial charge in [-0.15, -0.1) is 0 Å². The Hall–Kier alpha value is -2.58.